The van der Waals surface area contributed by atoms with Crippen LogP contribution in [0, 0.1) is 0 Å². The van der Waals surface area contributed by atoms with Crippen molar-refractivity contribution >= 4 is 30.3 Å². The van der Waals surface area contributed by atoms with Crippen molar-refractivity contribution in [2.45, 2.75) is 44.4 Å². The van der Waals surface area contributed by atoms with Crippen molar-refractivity contribution in [1.82, 2.24) is 0 Å². The van der Waals surface area contributed by atoms with E-state index in [4.69, 9.17) is 16.0 Å². The van der Waals surface area contributed by atoms with Gasteiger partial charge in [-0.3, -0.25) is 0 Å². The summed E-state index contributed by atoms with van der Waals surface area (Å²) in [6.45, 7) is 6.73. The van der Waals surface area contributed by atoms with Gasteiger partial charge in [0, 0.05) is 17.0 Å². The van der Waals surface area contributed by atoms with Crippen molar-refractivity contribution in [1.29, 1.82) is 0 Å². The van der Waals surface area contributed by atoms with Crippen molar-refractivity contribution in [3.05, 3.63) is 95.0 Å². The van der Waals surface area contributed by atoms with Crippen molar-refractivity contribution < 1.29 is 9.53 Å². The summed E-state index contributed by atoms with van der Waals surface area (Å²) in [4.78, 5) is 0. The minimum absolute atomic E-state index is 0.153. The number of rotatable bonds is 4. The molecule has 4 rings (SSSR count). The van der Waals surface area contributed by atoms with Gasteiger partial charge in [-0.25, -0.2) is 0 Å². The summed E-state index contributed by atoms with van der Waals surface area (Å²) < 4.78 is 7.16. The smallest absolute Gasteiger partial charge is 0.262 e. The van der Waals surface area contributed by atoms with Gasteiger partial charge in [-0.05, 0) is 27.0 Å². The van der Waals surface area contributed by atoms with Crippen LogP contribution in [0.2, 0.25) is 10.1 Å². The second-order valence-corrected chi connectivity index (χ2v) is 13.4. The van der Waals surface area contributed by atoms with Gasteiger partial charge in [0.05, 0.1) is 12.2 Å². The Kier molecular flexibility index (Phi) is 5.43. The molecule has 1 aliphatic rings. The maximum atomic E-state index is 11.0. The van der Waals surface area contributed by atoms with Crippen LogP contribution in [0.4, 0.5) is 0 Å². The zero-order chi connectivity index (χ0) is 20.6. The Labute approximate surface area is 179 Å². The first kappa shape index (κ1) is 20.4. The topological polar surface area (TPSA) is 29.5 Å². The van der Waals surface area contributed by atoms with E-state index >= 15 is 0 Å². The monoisotopic (exact) mass is 422 g/mol. The average Bonchev–Trinajstić information content (AvgIpc) is 3.02. The number of aliphatic hydroxyl groups is 1. The van der Waals surface area contributed by atoms with Gasteiger partial charge in [0.25, 0.3) is 8.32 Å². The van der Waals surface area contributed by atoms with Gasteiger partial charge >= 0.3 is 0 Å². The Morgan fingerprint density at radius 1 is 0.862 bits per heavy atom. The highest BCUT2D eigenvalue weighted by Crippen LogP contribution is 2.45. The highest BCUT2D eigenvalue weighted by molar-refractivity contribution is 6.99. The molecule has 1 aliphatic carbocycles. The van der Waals surface area contributed by atoms with E-state index in [1.54, 1.807) is 0 Å². The fourth-order valence-electron chi connectivity index (χ4n) is 4.62. The predicted molar refractivity (Wildman–Crippen MR) is 123 cm³/mol. The van der Waals surface area contributed by atoms with Gasteiger partial charge in [-0.2, -0.15) is 0 Å². The van der Waals surface area contributed by atoms with E-state index in [0.29, 0.717) is 11.4 Å². The third kappa shape index (κ3) is 3.47. The molecule has 3 aromatic carbocycles. The van der Waals surface area contributed by atoms with Crippen LogP contribution in [0.5, 0.6) is 0 Å². The zero-order valence-corrected chi connectivity index (χ0v) is 18.9. The predicted octanol–water partition coefficient (Wildman–Crippen LogP) is 4.87. The van der Waals surface area contributed by atoms with Gasteiger partial charge in [-0.15, -0.1) is 0 Å². The lowest BCUT2D eigenvalue weighted by Crippen LogP contribution is -2.67. The molecule has 2 nitrogen and oxygen atoms in total. The lowest BCUT2D eigenvalue weighted by molar-refractivity contribution is 0.0431. The van der Waals surface area contributed by atoms with Crippen LogP contribution in [-0.4, -0.2) is 19.5 Å². The van der Waals surface area contributed by atoms with Gasteiger partial charge in [0.15, 0.2) is 0 Å². The van der Waals surface area contributed by atoms with Crippen LogP contribution < -0.4 is 10.4 Å². The number of hydrogen-bond acceptors (Lipinski definition) is 2. The molecule has 0 aromatic heterocycles. The highest BCUT2D eigenvalue weighted by Gasteiger charge is 2.53. The fraction of sp³-hybridized carbons (Fsp3) is 0.280. The molecule has 0 radical (unpaired) electrons. The van der Waals surface area contributed by atoms with Crippen LogP contribution in [0.3, 0.4) is 0 Å². The maximum absolute atomic E-state index is 11.0. The van der Waals surface area contributed by atoms with Crippen LogP contribution in [0.15, 0.2) is 78.9 Å². The summed E-state index contributed by atoms with van der Waals surface area (Å²) in [5.41, 5.74) is 2.02. The first-order valence-corrected chi connectivity index (χ1v) is 12.4. The maximum Gasteiger partial charge on any atom is 0.262 e. The molecule has 0 aliphatic heterocycles. The van der Waals surface area contributed by atoms with E-state index < -0.39 is 20.5 Å². The summed E-state index contributed by atoms with van der Waals surface area (Å²) in [7, 11) is -2.77. The zero-order valence-electron chi connectivity index (χ0n) is 17.1. The quantitative estimate of drug-likeness (QED) is 0.607. The number of benzene rings is 3. The van der Waals surface area contributed by atoms with Gasteiger partial charge < -0.3 is 9.53 Å². The summed E-state index contributed by atoms with van der Waals surface area (Å²) in [6.07, 6.45) is -0.477. The number of halogens is 1. The first-order valence-electron chi connectivity index (χ1n) is 10.1. The van der Waals surface area contributed by atoms with Crippen molar-refractivity contribution in [3.63, 3.8) is 0 Å². The molecule has 4 heteroatoms. The summed E-state index contributed by atoms with van der Waals surface area (Å²) in [6, 6.07) is 26.9. The SMILES string of the molecule is CC(C)(C)[Si](O[C@H]1c2c(Cl)cccc2C[C@@H]1O)(c1ccccc1)c1ccccc1. The molecule has 3 aromatic rings. The number of fused-ring (bicyclic) bond motifs is 1. The largest absolute Gasteiger partial charge is 0.398 e. The third-order valence-electron chi connectivity index (χ3n) is 5.93. The molecule has 1 N–H and O–H groups in total. The Morgan fingerprint density at radius 3 is 1.93 bits per heavy atom. The standard InChI is InChI=1S/C25H27ClO2Si/c1-25(2,3)29(19-12-6-4-7-13-19,20-14-8-5-9-15-20)28-24-22(27)17-18-11-10-16-21(26)23(18)24/h4-16,22,24,27H,17H2,1-3H3/t22-,24+/m0/s1. The second-order valence-electron chi connectivity index (χ2n) is 8.79. The van der Waals surface area contributed by atoms with Crippen molar-refractivity contribution in [2.24, 2.45) is 0 Å². The summed E-state index contributed by atoms with van der Waals surface area (Å²) >= 11 is 6.59. The normalized spacial score (nSPS) is 19.2. The molecular formula is C25H27ClO2Si. The molecule has 0 unspecified atom stereocenters. The molecule has 0 amide bonds. The lowest BCUT2D eigenvalue weighted by Gasteiger charge is -2.45. The van der Waals surface area contributed by atoms with Gasteiger partial charge in [0.2, 0.25) is 0 Å². The summed E-state index contributed by atoms with van der Waals surface area (Å²) in [5.74, 6) is 0. The van der Waals surface area contributed by atoms with Crippen LogP contribution >= 0.6 is 11.6 Å². The number of aliphatic hydroxyl groups excluding tert-OH is 1. The fourth-order valence-corrected chi connectivity index (χ4v) is 9.59. The van der Waals surface area contributed by atoms with Gasteiger partial charge in [-0.1, -0.05) is 105 Å². The van der Waals surface area contributed by atoms with E-state index in [0.717, 1.165) is 11.1 Å². The molecule has 150 valence electrons. The average molecular weight is 423 g/mol. The minimum atomic E-state index is -2.77. The molecule has 2 atom stereocenters. The third-order valence-corrected chi connectivity index (χ3v) is 11.3. The van der Waals surface area contributed by atoms with Crippen LogP contribution in [-0.2, 0) is 10.8 Å². The van der Waals surface area contributed by atoms with E-state index in [1.165, 1.54) is 10.4 Å². The molecule has 0 fully saturated rings. The van der Waals surface area contributed by atoms with Crippen molar-refractivity contribution in [2.75, 3.05) is 0 Å². The van der Waals surface area contributed by atoms with E-state index in [-0.39, 0.29) is 5.04 Å². The van der Waals surface area contributed by atoms with E-state index in [2.05, 4.69) is 69.3 Å². The Balaban J connectivity index is 1.93. The lowest BCUT2D eigenvalue weighted by atomic mass is 10.1. The Bertz CT molecular complexity index is 943. The first-order chi connectivity index (χ1) is 13.8. The molecule has 0 spiro atoms. The Hall–Kier alpha value is -1.91. The minimum Gasteiger partial charge on any atom is -0.398 e. The van der Waals surface area contributed by atoms with Crippen LogP contribution in [0.1, 0.15) is 38.0 Å². The molecule has 0 saturated heterocycles. The highest BCUT2D eigenvalue weighted by atomic mass is 35.5. The second kappa shape index (κ2) is 7.73. The molecular weight excluding hydrogens is 396 g/mol. The van der Waals surface area contributed by atoms with Crippen LogP contribution in [0.25, 0.3) is 0 Å². The van der Waals surface area contributed by atoms with E-state index in [1.807, 2.05) is 30.3 Å². The Morgan fingerprint density at radius 2 is 1.41 bits per heavy atom. The summed E-state index contributed by atoms with van der Waals surface area (Å²) in [5, 5.41) is 13.9. The van der Waals surface area contributed by atoms with Crippen molar-refractivity contribution in [3.8, 4) is 0 Å². The molecule has 0 heterocycles. The molecule has 0 saturated carbocycles. The molecule has 0 bridgehead atoms. The molecule has 29 heavy (non-hydrogen) atoms. The van der Waals surface area contributed by atoms with Gasteiger partial charge in [0.1, 0.15) is 0 Å². The number of hydrogen-bond donors (Lipinski definition) is 1. The van der Waals surface area contributed by atoms with E-state index in [9.17, 15) is 5.11 Å².